The molecule has 20 nitrogen and oxygen atoms in total. The summed E-state index contributed by atoms with van der Waals surface area (Å²) in [5.74, 6) is -0.127. The van der Waals surface area contributed by atoms with Crippen molar-refractivity contribution in [1.82, 2.24) is 19.9 Å². The van der Waals surface area contributed by atoms with Gasteiger partial charge in [-0.1, -0.05) is 72.3 Å². The van der Waals surface area contributed by atoms with Crippen molar-refractivity contribution in [2.45, 2.75) is 19.6 Å². The van der Waals surface area contributed by atoms with E-state index in [1.807, 2.05) is 0 Å². The van der Waals surface area contributed by atoms with Crippen LogP contribution in [0.1, 0.15) is 0 Å². The van der Waals surface area contributed by atoms with E-state index in [9.17, 15) is 51.9 Å². The molecule has 0 atom stereocenters. The second kappa shape index (κ2) is 12.1. The van der Waals surface area contributed by atoms with Gasteiger partial charge in [-0.15, -0.1) is 0 Å². The van der Waals surface area contributed by atoms with Crippen molar-refractivity contribution in [1.29, 1.82) is 0 Å². The number of aromatic amines is 4. The molecule has 8 bridgehead atoms. The van der Waals surface area contributed by atoms with Gasteiger partial charge in [-0.2, -0.15) is 33.7 Å². The second-order valence-corrected chi connectivity index (χ2v) is 18.3. The van der Waals surface area contributed by atoms with Gasteiger partial charge in [0.2, 0.25) is 0 Å². The molecule has 1 aliphatic rings. The molecule has 9 rings (SSSR count). The lowest BCUT2D eigenvalue weighted by molar-refractivity contribution is 0.449. The van der Waals surface area contributed by atoms with Crippen molar-refractivity contribution in [3.8, 4) is 0 Å². The second-order valence-electron chi connectivity index (χ2n) is 12.5. The predicted molar refractivity (Wildman–Crippen MR) is 201 cm³/mol. The highest BCUT2D eigenvalue weighted by molar-refractivity contribution is 7.91. The maximum Gasteiger partial charge on any atom is 0.297 e. The Morgan fingerprint density at radius 3 is 1.19 bits per heavy atom. The molecule has 0 aliphatic carbocycles. The maximum atomic E-state index is 13.2. The summed E-state index contributed by atoms with van der Waals surface area (Å²) in [7, 11) is -24.7. The van der Waals surface area contributed by atoms with Crippen LogP contribution in [0.5, 0.6) is 0 Å². The molecule has 0 spiro atoms. The molecule has 1 aliphatic heterocycles. The zero-order valence-electron chi connectivity index (χ0n) is 27.7. The van der Waals surface area contributed by atoms with E-state index in [4.69, 9.17) is 21.6 Å². The zero-order chi connectivity index (χ0) is 40.6. The number of H-pyrrole nitrogens is 4. The summed E-state index contributed by atoms with van der Waals surface area (Å²) in [6.45, 7) is 0. The minimum Gasteiger partial charge on any atom is -0.324 e. The standard InChI is InChI=1S/C32H19ClN8O12S4/c33-17-11-5-10-16-18(17)30-39-29(16)37-27-13-7-2-1-6-12(13)25(35-27)34-26-14-8-3-4-9-15(14)28(36-26)38-31-19-20(32(40-30)41-31)22(55(45,46)47)24(57(51,52)53)23(56(48,49)50)21(19)54(42,43)44/h1-11H,(H,42,43,44)(H,45,46,47)(H,48,49,50)(H,51,52,53)(H4,34,35,36,37,38,39,40,41). The average molecular weight is 871 g/mol. The zero-order valence-corrected chi connectivity index (χ0v) is 31.7. The van der Waals surface area contributed by atoms with Crippen LogP contribution in [0, 0.1) is 0 Å². The molecule has 8 aromatic rings. The molecule has 290 valence electrons. The number of halogens is 1. The lowest BCUT2D eigenvalue weighted by Crippen LogP contribution is -2.21. The Bertz CT molecular complexity index is 3890. The van der Waals surface area contributed by atoms with Crippen LogP contribution >= 0.6 is 11.6 Å². The molecule has 4 aromatic carbocycles. The van der Waals surface area contributed by atoms with Gasteiger partial charge in [-0.05, 0) is 6.07 Å². The molecule has 25 heteroatoms. The SMILES string of the molecule is O=S(=O)(O)c1c(S(=O)(=O)O)c(S(=O)(=O)O)c2c3[nH]c(c2c1S(=O)(=O)O)=Nc1[nH]c(c2ccccc12)N=c1[nH]c(c2ccccc12)=Nc1[nH]c(c2c(Cl)cccc12)N=3. The van der Waals surface area contributed by atoms with E-state index in [-0.39, 0.29) is 33.7 Å². The number of nitrogens with one attached hydrogen (secondary N) is 4. The Hall–Kier alpha value is -5.83. The first-order valence-electron chi connectivity index (χ1n) is 15.8. The summed E-state index contributed by atoms with van der Waals surface area (Å²) in [6, 6.07) is 18.2. The van der Waals surface area contributed by atoms with Gasteiger partial charge in [-0.3, -0.25) is 18.2 Å². The van der Waals surface area contributed by atoms with E-state index < -0.39 is 81.8 Å². The minimum absolute atomic E-state index is 0.0423. The third-order valence-electron chi connectivity index (χ3n) is 9.05. The van der Waals surface area contributed by atoms with Crippen molar-refractivity contribution in [2.75, 3.05) is 0 Å². The van der Waals surface area contributed by atoms with E-state index in [0.717, 1.165) is 0 Å². The minimum atomic E-state index is -6.25. The first-order valence-corrected chi connectivity index (χ1v) is 21.9. The number of nitrogens with zero attached hydrogens (tertiary/aromatic N) is 4. The fourth-order valence-electron chi connectivity index (χ4n) is 6.94. The third kappa shape index (κ3) is 5.76. The van der Waals surface area contributed by atoms with Crippen LogP contribution < -0.4 is 22.0 Å². The number of aromatic nitrogens is 4. The van der Waals surface area contributed by atoms with Crippen LogP contribution in [-0.4, -0.2) is 71.8 Å². The van der Waals surface area contributed by atoms with Gasteiger partial charge in [0.15, 0.2) is 0 Å². The van der Waals surface area contributed by atoms with Crippen molar-refractivity contribution in [3.05, 3.63) is 93.7 Å². The van der Waals surface area contributed by atoms with Gasteiger partial charge < -0.3 is 19.9 Å². The number of hydrogen-bond acceptors (Lipinski definition) is 12. The van der Waals surface area contributed by atoms with E-state index in [2.05, 4.69) is 29.9 Å². The van der Waals surface area contributed by atoms with E-state index in [1.165, 1.54) is 6.07 Å². The normalized spacial score (nSPS) is 13.8. The van der Waals surface area contributed by atoms with Crippen LogP contribution in [0.15, 0.2) is 106 Å². The highest BCUT2D eigenvalue weighted by Crippen LogP contribution is 2.42. The Balaban J connectivity index is 1.65. The maximum absolute atomic E-state index is 13.2. The summed E-state index contributed by atoms with van der Waals surface area (Å²) in [6.07, 6.45) is 0. The monoisotopic (exact) mass is 870 g/mol. The molecule has 4 aromatic heterocycles. The summed E-state index contributed by atoms with van der Waals surface area (Å²) in [5.41, 5.74) is -1.04. The van der Waals surface area contributed by atoms with Gasteiger partial charge in [0.1, 0.15) is 64.8 Å². The van der Waals surface area contributed by atoms with Crippen LogP contribution in [-0.2, 0) is 40.5 Å². The Morgan fingerprint density at radius 2 is 0.737 bits per heavy atom. The lowest BCUT2D eigenvalue weighted by Gasteiger charge is -2.14. The molecule has 5 heterocycles. The van der Waals surface area contributed by atoms with Gasteiger partial charge in [-0.25, -0.2) is 20.0 Å². The van der Waals surface area contributed by atoms with Crippen LogP contribution in [0.3, 0.4) is 0 Å². The molecule has 0 unspecified atom stereocenters. The molecule has 0 amide bonds. The molecular formula is C32H19ClN8O12S4. The Morgan fingerprint density at radius 1 is 0.386 bits per heavy atom. The lowest BCUT2D eigenvalue weighted by atomic mass is 10.2. The first-order chi connectivity index (χ1) is 26.7. The Labute approximate surface area is 322 Å². The van der Waals surface area contributed by atoms with Crippen LogP contribution in [0.2, 0.25) is 5.02 Å². The smallest absolute Gasteiger partial charge is 0.297 e. The number of hydrogen-bond donors (Lipinski definition) is 8. The number of fused-ring (bicyclic) bond motifs is 20. The highest BCUT2D eigenvalue weighted by atomic mass is 35.5. The molecule has 8 N–H and O–H groups in total. The summed E-state index contributed by atoms with van der Waals surface area (Å²) >= 11 is 6.64. The molecular weight excluding hydrogens is 852 g/mol. The fourth-order valence-corrected chi connectivity index (χ4v) is 12.2. The van der Waals surface area contributed by atoms with Crippen molar-refractivity contribution >= 4 is 118 Å². The fraction of sp³-hybridized carbons (Fsp3) is 0. The van der Waals surface area contributed by atoms with E-state index in [0.29, 0.717) is 37.9 Å². The molecule has 0 saturated carbocycles. The summed E-state index contributed by atoms with van der Waals surface area (Å²) < 4.78 is 146. The number of benzene rings is 4. The molecule has 0 fully saturated rings. The van der Waals surface area contributed by atoms with Crippen molar-refractivity contribution in [3.63, 3.8) is 0 Å². The molecule has 0 saturated heterocycles. The van der Waals surface area contributed by atoms with Crippen molar-refractivity contribution in [2.24, 2.45) is 20.0 Å². The van der Waals surface area contributed by atoms with Crippen LogP contribution in [0.4, 0.5) is 23.3 Å². The van der Waals surface area contributed by atoms with E-state index >= 15 is 0 Å². The molecule has 0 radical (unpaired) electrons. The van der Waals surface area contributed by atoms with E-state index in [1.54, 1.807) is 60.7 Å². The van der Waals surface area contributed by atoms with Gasteiger partial charge in [0, 0.05) is 32.3 Å². The first kappa shape index (κ1) is 36.8. The molecule has 57 heavy (non-hydrogen) atoms. The average Bonchev–Trinajstić information content (AvgIpc) is 3.85. The number of rotatable bonds is 4. The van der Waals surface area contributed by atoms with Gasteiger partial charge in [0.25, 0.3) is 40.5 Å². The van der Waals surface area contributed by atoms with Crippen molar-refractivity contribution < 1.29 is 51.9 Å². The Kier molecular flexibility index (Phi) is 7.80. The quantitative estimate of drug-likeness (QED) is 0.118. The topological polar surface area (TPSA) is 330 Å². The van der Waals surface area contributed by atoms with Gasteiger partial charge >= 0.3 is 0 Å². The van der Waals surface area contributed by atoms with Crippen LogP contribution in [0.25, 0.3) is 43.1 Å². The third-order valence-corrected chi connectivity index (χ3v) is 13.4. The predicted octanol–water partition coefficient (Wildman–Crippen LogP) is 3.37. The van der Waals surface area contributed by atoms with Gasteiger partial charge in [0.05, 0.1) is 15.8 Å². The largest absolute Gasteiger partial charge is 0.324 e. The summed E-state index contributed by atoms with van der Waals surface area (Å²) in [4.78, 5) is 21.6. The highest BCUT2D eigenvalue weighted by Gasteiger charge is 2.43. The summed E-state index contributed by atoms with van der Waals surface area (Å²) in [5, 5.41) is 0.0434.